The van der Waals surface area contributed by atoms with Crippen LogP contribution in [0.5, 0.6) is 5.19 Å². The van der Waals surface area contributed by atoms with Crippen molar-refractivity contribution in [3.63, 3.8) is 0 Å². The van der Waals surface area contributed by atoms with Crippen molar-refractivity contribution in [2.24, 2.45) is 11.8 Å². The number of rotatable bonds is 10. The predicted octanol–water partition coefficient (Wildman–Crippen LogP) is 5.85. The summed E-state index contributed by atoms with van der Waals surface area (Å²) in [5.41, 5.74) is 3.33. The molecule has 7 heteroatoms. The molecule has 1 aliphatic carbocycles. The number of ketones is 1. The molecule has 4 rings (SSSR count). The first-order valence-electron chi connectivity index (χ1n) is 12.1. The maximum absolute atomic E-state index is 12.5. The Balaban J connectivity index is 1.15. The number of Topliss-reactive ketones (excluding diaryl/α,β-unsaturated/α-hetero) is 1. The molecule has 0 bridgehead atoms. The van der Waals surface area contributed by atoms with E-state index >= 15 is 0 Å². The Bertz CT molecular complexity index is 925. The number of ether oxygens (including phenoxy) is 1. The standard InChI is InChI=1S/C26H34F2N2O2S/c1-18-3-2-4-21(13-18)15-22(31)14-20-7-5-19(6-8-20)9-11-30-12-10-24-23(16-30)29-26(33-24)32-17-25(27)28/h2-4,13,19-20,25H,5-12,14-17H2,1H3. The molecule has 0 saturated heterocycles. The SMILES string of the molecule is Cc1cccc(CC(=O)CC2CCC(CCN3CCc4sc(OCC(F)F)nc4C3)CC2)c1. The average molecular weight is 477 g/mol. The molecule has 0 radical (unpaired) electrons. The quantitative estimate of drug-likeness (QED) is 0.431. The van der Waals surface area contributed by atoms with Crippen molar-refractivity contribution >= 4 is 17.1 Å². The van der Waals surface area contributed by atoms with E-state index in [2.05, 4.69) is 28.9 Å². The van der Waals surface area contributed by atoms with Crippen molar-refractivity contribution in [3.8, 4) is 5.19 Å². The third-order valence-electron chi connectivity index (χ3n) is 6.94. The number of carbonyl (C=O) groups excluding carboxylic acids is 1. The van der Waals surface area contributed by atoms with E-state index in [1.807, 2.05) is 12.1 Å². The van der Waals surface area contributed by atoms with Crippen molar-refractivity contribution in [1.29, 1.82) is 0 Å². The molecule has 0 N–H and O–H groups in total. The maximum Gasteiger partial charge on any atom is 0.273 e. The van der Waals surface area contributed by atoms with Crippen LogP contribution in [0, 0.1) is 18.8 Å². The van der Waals surface area contributed by atoms with Crippen molar-refractivity contribution in [2.75, 3.05) is 19.7 Å². The second kappa shape index (κ2) is 11.5. The molecular formula is C26H34F2N2O2S. The summed E-state index contributed by atoms with van der Waals surface area (Å²) in [6.45, 7) is 4.30. The number of benzene rings is 1. The highest BCUT2D eigenvalue weighted by molar-refractivity contribution is 7.13. The van der Waals surface area contributed by atoms with Crippen LogP contribution in [0.4, 0.5) is 8.78 Å². The van der Waals surface area contributed by atoms with E-state index in [9.17, 15) is 13.6 Å². The van der Waals surface area contributed by atoms with E-state index in [-0.39, 0.29) is 0 Å². The molecular weight excluding hydrogens is 442 g/mol. The van der Waals surface area contributed by atoms with Crippen LogP contribution in [0.1, 0.15) is 60.2 Å². The highest BCUT2D eigenvalue weighted by atomic mass is 32.1. The monoisotopic (exact) mass is 476 g/mol. The Labute approximate surface area is 199 Å². The van der Waals surface area contributed by atoms with E-state index in [0.717, 1.165) is 62.5 Å². The molecule has 180 valence electrons. The molecule has 1 aromatic carbocycles. The minimum Gasteiger partial charge on any atom is -0.464 e. The summed E-state index contributed by atoms with van der Waals surface area (Å²) in [5.74, 6) is 1.64. The molecule has 1 aromatic heterocycles. The van der Waals surface area contributed by atoms with Crippen LogP contribution in [-0.2, 0) is 24.2 Å². The number of halogens is 2. The average Bonchev–Trinajstić information content (AvgIpc) is 3.19. The van der Waals surface area contributed by atoms with E-state index in [1.54, 1.807) is 0 Å². The van der Waals surface area contributed by atoms with Crippen LogP contribution in [0.3, 0.4) is 0 Å². The summed E-state index contributed by atoms with van der Waals surface area (Å²) < 4.78 is 29.8. The van der Waals surface area contributed by atoms with Crippen molar-refractivity contribution in [3.05, 3.63) is 46.0 Å². The first kappa shape index (κ1) is 24.3. The van der Waals surface area contributed by atoms with Crippen LogP contribution >= 0.6 is 11.3 Å². The highest BCUT2D eigenvalue weighted by Crippen LogP contribution is 2.34. The number of hydrogen-bond acceptors (Lipinski definition) is 5. The van der Waals surface area contributed by atoms with Gasteiger partial charge in [0.05, 0.1) is 5.69 Å². The number of alkyl halides is 2. The summed E-state index contributed by atoms with van der Waals surface area (Å²) in [6, 6.07) is 8.26. The second-order valence-electron chi connectivity index (χ2n) is 9.66. The van der Waals surface area contributed by atoms with E-state index < -0.39 is 13.0 Å². The number of aryl methyl sites for hydroxylation is 1. The lowest BCUT2D eigenvalue weighted by molar-refractivity contribution is -0.119. The van der Waals surface area contributed by atoms with E-state index in [4.69, 9.17) is 4.74 Å². The van der Waals surface area contributed by atoms with Crippen molar-refractivity contribution in [1.82, 2.24) is 9.88 Å². The minimum absolute atomic E-state index is 0.369. The normalized spacial score (nSPS) is 21.2. The number of hydrogen-bond donors (Lipinski definition) is 0. The molecule has 0 amide bonds. The van der Waals surface area contributed by atoms with Gasteiger partial charge in [0.25, 0.3) is 11.6 Å². The predicted molar refractivity (Wildman–Crippen MR) is 127 cm³/mol. The molecule has 1 saturated carbocycles. The molecule has 2 aromatic rings. The van der Waals surface area contributed by atoms with Gasteiger partial charge >= 0.3 is 0 Å². The van der Waals surface area contributed by atoms with Gasteiger partial charge in [0.2, 0.25) is 0 Å². The summed E-state index contributed by atoms with van der Waals surface area (Å²) in [4.78, 5) is 20.6. The Morgan fingerprint density at radius 2 is 2.03 bits per heavy atom. The second-order valence-corrected chi connectivity index (χ2v) is 10.7. The number of nitrogens with zero attached hydrogens (tertiary/aromatic N) is 2. The lowest BCUT2D eigenvalue weighted by Gasteiger charge is -2.31. The van der Waals surface area contributed by atoms with Gasteiger partial charge in [0.1, 0.15) is 5.78 Å². The molecule has 4 nitrogen and oxygen atoms in total. The Morgan fingerprint density at radius 1 is 1.24 bits per heavy atom. The molecule has 0 spiro atoms. The lowest BCUT2D eigenvalue weighted by Crippen LogP contribution is -2.32. The zero-order chi connectivity index (χ0) is 23.2. The third-order valence-corrected chi connectivity index (χ3v) is 8.01. The van der Waals surface area contributed by atoms with Gasteiger partial charge in [-0.1, -0.05) is 54.0 Å². The van der Waals surface area contributed by atoms with Gasteiger partial charge in [-0.2, -0.15) is 0 Å². The van der Waals surface area contributed by atoms with Gasteiger partial charge in [-0.3, -0.25) is 9.69 Å². The van der Waals surface area contributed by atoms with Crippen LogP contribution in [0.15, 0.2) is 24.3 Å². The molecule has 1 aliphatic heterocycles. The maximum atomic E-state index is 12.5. The zero-order valence-electron chi connectivity index (χ0n) is 19.4. The Hall–Kier alpha value is -1.86. The van der Waals surface area contributed by atoms with E-state index in [1.165, 1.54) is 41.0 Å². The Kier molecular flexibility index (Phi) is 8.47. The molecule has 0 unspecified atom stereocenters. The molecule has 2 heterocycles. The largest absolute Gasteiger partial charge is 0.464 e. The Morgan fingerprint density at radius 3 is 2.79 bits per heavy atom. The first-order valence-corrected chi connectivity index (χ1v) is 13.0. The summed E-state index contributed by atoms with van der Waals surface area (Å²) in [7, 11) is 0. The van der Waals surface area contributed by atoms with Crippen molar-refractivity contribution < 1.29 is 18.3 Å². The summed E-state index contributed by atoms with van der Waals surface area (Å²) in [5, 5.41) is 0.373. The van der Waals surface area contributed by atoms with Crippen LogP contribution < -0.4 is 4.74 Å². The number of fused-ring (bicyclic) bond motifs is 1. The lowest BCUT2D eigenvalue weighted by atomic mass is 9.78. The van der Waals surface area contributed by atoms with E-state index in [0.29, 0.717) is 23.3 Å². The third kappa shape index (κ3) is 7.31. The fourth-order valence-corrected chi connectivity index (χ4v) is 6.06. The molecule has 1 fully saturated rings. The number of thiazole rings is 1. The smallest absolute Gasteiger partial charge is 0.273 e. The van der Waals surface area contributed by atoms with Crippen LogP contribution in [-0.4, -0.2) is 41.8 Å². The van der Waals surface area contributed by atoms with Gasteiger partial charge < -0.3 is 4.74 Å². The molecule has 2 aliphatic rings. The van der Waals surface area contributed by atoms with Gasteiger partial charge in [0.15, 0.2) is 6.61 Å². The van der Waals surface area contributed by atoms with Gasteiger partial charge in [-0.15, -0.1) is 0 Å². The van der Waals surface area contributed by atoms with Gasteiger partial charge in [0, 0.05) is 30.8 Å². The van der Waals surface area contributed by atoms with Crippen LogP contribution in [0.2, 0.25) is 0 Å². The number of aromatic nitrogens is 1. The fraction of sp³-hybridized carbons (Fsp3) is 0.615. The van der Waals surface area contributed by atoms with Crippen LogP contribution in [0.25, 0.3) is 0 Å². The molecule has 0 atom stereocenters. The topological polar surface area (TPSA) is 42.4 Å². The number of carbonyl (C=O) groups is 1. The first-order chi connectivity index (χ1) is 15.9. The highest BCUT2D eigenvalue weighted by Gasteiger charge is 2.25. The van der Waals surface area contributed by atoms with Crippen molar-refractivity contribution in [2.45, 2.75) is 71.3 Å². The van der Waals surface area contributed by atoms with Gasteiger partial charge in [-0.25, -0.2) is 13.8 Å². The summed E-state index contributed by atoms with van der Waals surface area (Å²) in [6.07, 6.45) is 5.64. The molecule has 33 heavy (non-hydrogen) atoms. The minimum atomic E-state index is -2.47. The fourth-order valence-electron chi connectivity index (χ4n) is 5.15. The van der Waals surface area contributed by atoms with Gasteiger partial charge in [-0.05, 0) is 56.6 Å². The zero-order valence-corrected chi connectivity index (χ0v) is 20.2. The summed E-state index contributed by atoms with van der Waals surface area (Å²) >= 11 is 1.41.